The van der Waals surface area contributed by atoms with Gasteiger partial charge in [-0.05, 0) is 59.9 Å². The lowest BCUT2D eigenvalue weighted by Gasteiger charge is -2.15. The molecular formula is C26H23ClN4O2. The number of hydrogen-bond acceptors (Lipinski definition) is 3. The van der Waals surface area contributed by atoms with Crippen molar-refractivity contribution in [1.82, 2.24) is 9.78 Å². The first-order valence-corrected chi connectivity index (χ1v) is 10.9. The first-order chi connectivity index (χ1) is 15.9. The van der Waals surface area contributed by atoms with Crippen molar-refractivity contribution in [3.8, 4) is 16.8 Å². The van der Waals surface area contributed by atoms with Gasteiger partial charge in [0.2, 0.25) is 0 Å². The number of anilines is 1. The highest BCUT2D eigenvalue weighted by atomic mass is 35.5. The maximum absolute atomic E-state index is 13.3. The van der Waals surface area contributed by atoms with Crippen LogP contribution in [0.3, 0.4) is 0 Å². The topological polar surface area (TPSA) is 90.0 Å². The number of amides is 2. The third-order valence-corrected chi connectivity index (χ3v) is 5.76. The van der Waals surface area contributed by atoms with Gasteiger partial charge in [-0.1, -0.05) is 61.0 Å². The number of primary amides is 1. The van der Waals surface area contributed by atoms with Crippen molar-refractivity contribution in [3.05, 3.63) is 100 Å². The van der Waals surface area contributed by atoms with E-state index in [4.69, 9.17) is 17.3 Å². The van der Waals surface area contributed by atoms with Crippen LogP contribution >= 0.6 is 11.6 Å². The van der Waals surface area contributed by atoms with Crippen LogP contribution in [0.4, 0.5) is 5.82 Å². The monoisotopic (exact) mass is 458 g/mol. The highest BCUT2D eigenvalue weighted by Gasteiger charge is 2.19. The maximum Gasteiger partial charge on any atom is 0.269 e. The molecule has 0 aliphatic rings. The summed E-state index contributed by atoms with van der Waals surface area (Å²) in [6.45, 7) is 4.07. The van der Waals surface area contributed by atoms with Crippen LogP contribution < -0.4 is 11.1 Å². The van der Waals surface area contributed by atoms with Crippen LogP contribution in [0.1, 0.15) is 38.9 Å². The molecule has 4 aromatic rings. The summed E-state index contributed by atoms with van der Waals surface area (Å²) in [6, 6.07) is 22.3. The summed E-state index contributed by atoms with van der Waals surface area (Å²) < 4.78 is 1.47. The number of nitrogens with two attached hydrogens (primary N) is 1. The molecule has 4 rings (SSSR count). The second-order valence-corrected chi connectivity index (χ2v) is 8.05. The Morgan fingerprint density at radius 1 is 1.00 bits per heavy atom. The van der Waals surface area contributed by atoms with Gasteiger partial charge in [-0.3, -0.25) is 9.59 Å². The molecule has 1 aromatic heterocycles. The van der Waals surface area contributed by atoms with E-state index in [9.17, 15) is 9.59 Å². The second-order valence-electron chi connectivity index (χ2n) is 7.64. The van der Waals surface area contributed by atoms with E-state index < -0.39 is 11.8 Å². The first-order valence-electron chi connectivity index (χ1n) is 10.5. The zero-order valence-electron chi connectivity index (χ0n) is 18.3. The van der Waals surface area contributed by atoms with Gasteiger partial charge in [0.25, 0.3) is 11.8 Å². The Bertz CT molecular complexity index is 1350. The van der Waals surface area contributed by atoms with E-state index >= 15 is 0 Å². The Hall–Kier alpha value is -3.90. The van der Waals surface area contributed by atoms with Gasteiger partial charge in [0.15, 0.2) is 5.69 Å². The normalized spacial score (nSPS) is 10.8. The molecule has 2 amide bonds. The molecule has 0 bridgehead atoms. The number of nitrogens with one attached hydrogen (secondary N) is 1. The molecule has 0 aliphatic heterocycles. The zero-order chi connectivity index (χ0) is 23.5. The molecule has 33 heavy (non-hydrogen) atoms. The van der Waals surface area contributed by atoms with E-state index in [1.54, 1.807) is 12.1 Å². The zero-order valence-corrected chi connectivity index (χ0v) is 19.1. The molecule has 0 saturated carbocycles. The molecule has 1 heterocycles. The van der Waals surface area contributed by atoms with Crippen molar-refractivity contribution in [3.63, 3.8) is 0 Å². The van der Waals surface area contributed by atoms with Crippen molar-refractivity contribution >= 4 is 29.2 Å². The molecule has 0 radical (unpaired) electrons. The molecule has 0 fully saturated rings. The van der Waals surface area contributed by atoms with Crippen LogP contribution in [-0.2, 0) is 6.42 Å². The smallest absolute Gasteiger partial charge is 0.269 e. The number of aromatic nitrogens is 2. The lowest BCUT2D eigenvalue weighted by atomic mass is 9.93. The molecule has 166 valence electrons. The third-order valence-electron chi connectivity index (χ3n) is 5.45. The van der Waals surface area contributed by atoms with Gasteiger partial charge < -0.3 is 11.1 Å². The summed E-state index contributed by atoms with van der Waals surface area (Å²) in [6.07, 6.45) is 0.867. The van der Waals surface area contributed by atoms with Crippen LogP contribution in [0, 0.1) is 6.92 Å². The summed E-state index contributed by atoms with van der Waals surface area (Å²) in [5.41, 5.74) is 10.6. The minimum Gasteiger partial charge on any atom is -0.364 e. The Morgan fingerprint density at radius 3 is 2.39 bits per heavy atom. The van der Waals surface area contributed by atoms with Gasteiger partial charge in [-0.25, -0.2) is 4.68 Å². The maximum atomic E-state index is 13.3. The van der Waals surface area contributed by atoms with E-state index in [2.05, 4.69) is 23.4 Å². The number of aryl methyl sites for hydroxylation is 2. The Morgan fingerprint density at radius 2 is 1.70 bits per heavy atom. The predicted molar refractivity (Wildman–Crippen MR) is 131 cm³/mol. The van der Waals surface area contributed by atoms with Crippen molar-refractivity contribution in [1.29, 1.82) is 0 Å². The number of carbonyl (C=O) groups is 2. The summed E-state index contributed by atoms with van der Waals surface area (Å²) in [7, 11) is 0. The number of benzene rings is 3. The van der Waals surface area contributed by atoms with E-state index in [-0.39, 0.29) is 5.69 Å². The van der Waals surface area contributed by atoms with Crippen LogP contribution in [0.5, 0.6) is 0 Å². The number of carbonyl (C=O) groups excluding carboxylic acids is 2. The van der Waals surface area contributed by atoms with Crippen LogP contribution in [0.15, 0.2) is 72.8 Å². The Labute approximate surface area is 197 Å². The van der Waals surface area contributed by atoms with Gasteiger partial charge in [0, 0.05) is 6.07 Å². The lowest BCUT2D eigenvalue weighted by Crippen LogP contribution is -2.16. The van der Waals surface area contributed by atoms with Crippen molar-refractivity contribution < 1.29 is 9.59 Å². The summed E-state index contributed by atoms with van der Waals surface area (Å²) in [4.78, 5) is 25.0. The molecule has 3 aromatic carbocycles. The highest BCUT2D eigenvalue weighted by Crippen LogP contribution is 2.32. The van der Waals surface area contributed by atoms with Gasteiger partial charge >= 0.3 is 0 Å². The SMILES string of the molecule is CCc1ccccc1-c1cc(C(=O)Nc2cc(C(N)=O)nn2-c2ccccc2)c(Cl)cc1C. The van der Waals surface area contributed by atoms with Gasteiger partial charge in [0.05, 0.1) is 16.3 Å². The average molecular weight is 459 g/mol. The van der Waals surface area contributed by atoms with E-state index in [0.717, 1.165) is 23.1 Å². The molecule has 0 saturated heterocycles. The molecule has 7 heteroatoms. The van der Waals surface area contributed by atoms with Gasteiger partial charge in [-0.2, -0.15) is 5.10 Å². The summed E-state index contributed by atoms with van der Waals surface area (Å²) >= 11 is 6.48. The average Bonchev–Trinajstić information content (AvgIpc) is 3.24. The number of halogens is 1. The largest absolute Gasteiger partial charge is 0.364 e. The van der Waals surface area contributed by atoms with Gasteiger partial charge in [0.1, 0.15) is 5.82 Å². The van der Waals surface area contributed by atoms with E-state index in [1.165, 1.54) is 16.3 Å². The molecule has 0 unspecified atom stereocenters. The highest BCUT2D eigenvalue weighted by molar-refractivity contribution is 6.34. The number of hydrogen-bond donors (Lipinski definition) is 2. The lowest BCUT2D eigenvalue weighted by molar-refractivity contribution is 0.0992. The molecule has 6 nitrogen and oxygen atoms in total. The molecule has 0 spiro atoms. The molecule has 0 aliphatic carbocycles. The standard InChI is InChI=1S/C26H23ClN4O2/c1-3-17-9-7-8-12-19(17)20-14-21(22(27)13-16(20)2)26(33)29-24-15-23(25(28)32)30-31(24)18-10-5-4-6-11-18/h4-15H,3H2,1-2H3,(H2,28,32)(H,29,33). The van der Waals surface area contributed by atoms with E-state index in [1.807, 2.05) is 55.5 Å². The Balaban J connectivity index is 1.75. The minimum atomic E-state index is -0.688. The fraction of sp³-hybridized carbons (Fsp3) is 0.115. The van der Waals surface area contributed by atoms with Crippen LogP contribution in [-0.4, -0.2) is 21.6 Å². The molecule has 0 atom stereocenters. The number of rotatable bonds is 6. The summed E-state index contributed by atoms with van der Waals surface area (Å²) in [5.74, 6) is -0.789. The third kappa shape index (κ3) is 4.52. The van der Waals surface area contributed by atoms with Crippen LogP contribution in [0.25, 0.3) is 16.8 Å². The summed E-state index contributed by atoms with van der Waals surface area (Å²) in [5, 5.41) is 7.42. The van der Waals surface area contributed by atoms with E-state index in [0.29, 0.717) is 22.1 Å². The molecular weight excluding hydrogens is 436 g/mol. The minimum absolute atomic E-state index is 0.0433. The van der Waals surface area contributed by atoms with Crippen molar-refractivity contribution in [2.75, 3.05) is 5.32 Å². The molecule has 3 N–H and O–H groups in total. The Kier molecular flexibility index (Phi) is 6.29. The first kappa shape index (κ1) is 22.3. The fourth-order valence-corrected chi connectivity index (χ4v) is 4.07. The van der Waals surface area contributed by atoms with Crippen molar-refractivity contribution in [2.24, 2.45) is 5.73 Å². The predicted octanol–water partition coefficient (Wildman–Crippen LogP) is 5.41. The van der Waals surface area contributed by atoms with Gasteiger partial charge in [-0.15, -0.1) is 0 Å². The fourth-order valence-electron chi connectivity index (χ4n) is 3.77. The van der Waals surface area contributed by atoms with Crippen molar-refractivity contribution in [2.45, 2.75) is 20.3 Å². The number of nitrogens with zero attached hydrogens (tertiary/aromatic N) is 2. The quantitative estimate of drug-likeness (QED) is 0.404. The number of para-hydroxylation sites is 1. The second kappa shape index (κ2) is 9.30. The van der Waals surface area contributed by atoms with Crippen LogP contribution in [0.2, 0.25) is 5.02 Å².